The van der Waals surface area contributed by atoms with Gasteiger partial charge in [0.1, 0.15) is 11.5 Å². The maximum absolute atomic E-state index is 11.9. The van der Waals surface area contributed by atoms with Gasteiger partial charge < -0.3 is 10.6 Å². The molecule has 1 rings (SSSR count). The Balaban J connectivity index is 2.68. The predicted molar refractivity (Wildman–Crippen MR) is 72.6 cm³/mol. The van der Waals surface area contributed by atoms with Gasteiger partial charge in [-0.15, -0.1) is 0 Å². The van der Waals surface area contributed by atoms with E-state index in [-0.39, 0.29) is 11.9 Å². The minimum atomic E-state index is -0.177. The van der Waals surface area contributed by atoms with Crippen molar-refractivity contribution in [1.82, 2.24) is 15.3 Å². The quantitative estimate of drug-likeness (QED) is 0.811. The molecule has 5 nitrogen and oxygen atoms in total. The molecule has 0 aliphatic carbocycles. The molecule has 0 radical (unpaired) electrons. The van der Waals surface area contributed by atoms with Crippen LogP contribution in [0.1, 0.15) is 44.6 Å². The monoisotopic (exact) mass is 250 g/mol. The molecule has 0 spiro atoms. The van der Waals surface area contributed by atoms with Crippen LogP contribution in [-0.4, -0.2) is 28.5 Å². The van der Waals surface area contributed by atoms with Crippen molar-refractivity contribution in [2.24, 2.45) is 5.92 Å². The van der Waals surface area contributed by atoms with Crippen LogP contribution in [0.4, 0.5) is 5.82 Å². The first-order chi connectivity index (χ1) is 8.54. The van der Waals surface area contributed by atoms with Crippen LogP contribution in [0.3, 0.4) is 0 Å². The molecule has 0 aliphatic heterocycles. The molecule has 0 saturated carbocycles. The fraction of sp³-hybridized carbons (Fsp3) is 0.615. The molecule has 1 aromatic rings. The van der Waals surface area contributed by atoms with Crippen LogP contribution >= 0.6 is 0 Å². The molecule has 2 N–H and O–H groups in total. The number of aromatic nitrogens is 2. The highest BCUT2D eigenvalue weighted by Crippen LogP contribution is 2.05. The molecular weight excluding hydrogens is 228 g/mol. The third kappa shape index (κ3) is 4.31. The zero-order chi connectivity index (χ0) is 13.5. The lowest BCUT2D eigenvalue weighted by atomic mass is 10.1. The number of nitrogens with zero attached hydrogens (tertiary/aromatic N) is 2. The SMILES string of the molecule is CCCNc1cncc(C(=O)NC(C)C(C)C)n1. The summed E-state index contributed by atoms with van der Waals surface area (Å²) in [5, 5.41) is 6.02. The van der Waals surface area contributed by atoms with Crippen molar-refractivity contribution < 1.29 is 4.79 Å². The Kier molecular flexibility index (Phi) is 5.55. The smallest absolute Gasteiger partial charge is 0.271 e. The second kappa shape index (κ2) is 6.93. The highest BCUT2D eigenvalue weighted by Gasteiger charge is 2.14. The van der Waals surface area contributed by atoms with Gasteiger partial charge in [-0.1, -0.05) is 20.8 Å². The molecule has 5 heteroatoms. The molecule has 18 heavy (non-hydrogen) atoms. The average molecular weight is 250 g/mol. The van der Waals surface area contributed by atoms with Crippen LogP contribution in [0.5, 0.6) is 0 Å². The summed E-state index contributed by atoms with van der Waals surface area (Å²) in [5.41, 5.74) is 0.351. The first-order valence-electron chi connectivity index (χ1n) is 6.41. The van der Waals surface area contributed by atoms with E-state index in [2.05, 4.69) is 41.4 Å². The van der Waals surface area contributed by atoms with Crippen molar-refractivity contribution in [3.63, 3.8) is 0 Å². The number of rotatable bonds is 6. The Hall–Kier alpha value is -1.65. The summed E-state index contributed by atoms with van der Waals surface area (Å²) in [7, 11) is 0. The van der Waals surface area contributed by atoms with Gasteiger partial charge in [-0.2, -0.15) is 0 Å². The van der Waals surface area contributed by atoms with Crippen LogP contribution in [0.25, 0.3) is 0 Å². The van der Waals surface area contributed by atoms with E-state index < -0.39 is 0 Å². The third-order valence-electron chi connectivity index (χ3n) is 2.78. The van der Waals surface area contributed by atoms with Crippen LogP contribution < -0.4 is 10.6 Å². The number of carbonyl (C=O) groups is 1. The van der Waals surface area contributed by atoms with Gasteiger partial charge in [0.25, 0.3) is 5.91 Å². The second-order valence-electron chi connectivity index (χ2n) is 4.72. The lowest BCUT2D eigenvalue weighted by molar-refractivity contribution is 0.0925. The molecule has 0 bridgehead atoms. The van der Waals surface area contributed by atoms with Crippen LogP contribution in [0, 0.1) is 5.92 Å². The Morgan fingerprint density at radius 1 is 1.33 bits per heavy atom. The average Bonchev–Trinajstić information content (AvgIpc) is 2.36. The molecular formula is C13H22N4O. The van der Waals surface area contributed by atoms with E-state index in [1.807, 2.05) is 6.92 Å². The first-order valence-corrected chi connectivity index (χ1v) is 6.41. The first kappa shape index (κ1) is 14.4. The van der Waals surface area contributed by atoms with E-state index >= 15 is 0 Å². The van der Waals surface area contributed by atoms with E-state index in [1.165, 1.54) is 6.20 Å². The van der Waals surface area contributed by atoms with Gasteiger partial charge in [-0.3, -0.25) is 9.78 Å². The van der Waals surface area contributed by atoms with E-state index in [4.69, 9.17) is 0 Å². The molecule has 1 heterocycles. The van der Waals surface area contributed by atoms with E-state index in [0.29, 0.717) is 17.4 Å². The third-order valence-corrected chi connectivity index (χ3v) is 2.78. The highest BCUT2D eigenvalue weighted by molar-refractivity contribution is 5.92. The van der Waals surface area contributed by atoms with Crippen molar-refractivity contribution in [3.8, 4) is 0 Å². The molecule has 0 fully saturated rings. The van der Waals surface area contributed by atoms with Crippen LogP contribution in [0.15, 0.2) is 12.4 Å². The normalized spacial score (nSPS) is 12.3. The van der Waals surface area contributed by atoms with Crippen LogP contribution in [0.2, 0.25) is 0 Å². The minimum absolute atomic E-state index is 0.117. The summed E-state index contributed by atoms with van der Waals surface area (Å²) in [4.78, 5) is 20.2. The Morgan fingerprint density at radius 3 is 2.67 bits per heavy atom. The minimum Gasteiger partial charge on any atom is -0.369 e. The van der Waals surface area contributed by atoms with Crippen LogP contribution in [-0.2, 0) is 0 Å². The summed E-state index contributed by atoms with van der Waals surface area (Å²) < 4.78 is 0. The summed E-state index contributed by atoms with van der Waals surface area (Å²) in [6.45, 7) is 9.00. The summed E-state index contributed by atoms with van der Waals surface area (Å²) in [6, 6.07) is 0.117. The highest BCUT2D eigenvalue weighted by atomic mass is 16.1. The number of hydrogen-bond donors (Lipinski definition) is 2. The molecule has 100 valence electrons. The zero-order valence-corrected chi connectivity index (χ0v) is 11.5. The molecule has 1 aromatic heterocycles. The molecule has 0 saturated heterocycles. The second-order valence-corrected chi connectivity index (χ2v) is 4.72. The van der Waals surface area contributed by atoms with Gasteiger partial charge in [0, 0.05) is 12.6 Å². The Morgan fingerprint density at radius 2 is 2.06 bits per heavy atom. The number of anilines is 1. The standard InChI is InChI=1S/C13H22N4O/c1-5-6-15-12-8-14-7-11(17-12)13(18)16-10(4)9(2)3/h7-10H,5-6H2,1-4H3,(H,15,17)(H,16,18). The number of nitrogens with one attached hydrogen (secondary N) is 2. The van der Waals surface area contributed by atoms with Crippen molar-refractivity contribution in [2.75, 3.05) is 11.9 Å². The van der Waals surface area contributed by atoms with Crippen molar-refractivity contribution in [3.05, 3.63) is 18.1 Å². The number of hydrogen-bond acceptors (Lipinski definition) is 4. The van der Waals surface area contributed by atoms with Gasteiger partial charge in [0.2, 0.25) is 0 Å². The number of carbonyl (C=O) groups excluding carboxylic acids is 1. The summed E-state index contributed by atoms with van der Waals surface area (Å²) in [6.07, 6.45) is 4.11. The van der Waals surface area contributed by atoms with Gasteiger partial charge in [0.15, 0.2) is 0 Å². The topological polar surface area (TPSA) is 66.9 Å². The fourth-order valence-corrected chi connectivity index (χ4v) is 1.26. The van der Waals surface area contributed by atoms with E-state index in [1.54, 1.807) is 6.20 Å². The van der Waals surface area contributed by atoms with E-state index in [9.17, 15) is 4.79 Å². The lowest BCUT2D eigenvalue weighted by Gasteiger charge is -2.17. The van der Waals surface area contributed by atoms with Crippen molar-refractivity contribution >= 4 is 11.7 Å². The van der Waals surface area contributed by atoms with Crippen molar-refractivity contribution in [1.29, 1.82) is 0 Å². The van der Waals surface area contributed by atoms with E-state index in [0.717, 1.165) is 13.0 Å². The number of amides is 1. The summed E-state index contributed by atoms with van der Waals surface area (Å²) in [5.74, 6) is 0.855. The predicted octanol–water partition coefficient (Wildman–Crippen LogP) is 2.07. The molecule has 0 aromatic carbocycles. The lowest BCUT2D eigenvalue weighted by Crippen LogP contribution is -2.36. The maximum Gasteiger partial charge on any atom is 0.271 e. The van der Waals surface area contributed by atoms with Gasteiger partial charge in [-0.25, -0.2) is 4.98 Å². The summed E-state index contributed by atoms with van der Waals surface area (Å²) >= 11 is 0. The van der Waals surface area contributed by atoms with Gasteiger partial charge in [-0.05, 0) is 19.3 Å². The molecule has 0 aliphatic rings. The zero-order valence-electron chi connectivity index (χ0n) is 11.5. The Labute approximate surface area is 108 Å². The molecule has 1 amide bonds. The van der Waals surface area contributed by atoms with Gasteiger partial charge >= 0.3 is 0 Å². The molecule has 1 atom stereocenters. The largest absolute Gasteiger partial charge is 0.369 e. The fourth-order valence-electron chi connectivity index (χ4n) is 1.26. The van der Waals surface area contributed by atoms with Gasteiger partial charge in [0.05, 0.1) is 12.4 Å². The van der Waals surface area contributed by atoms with Crippen molar-refractivity contribution in [2.45, 2.75) is 40.2 Å². The Bertz CT molecular complexity index is 392. The maximum atomic E-state index is 11.9. The molecule has 1 unspecified atom stereocenters.